The summed E-state index contributed by atoms with van der Waals surface area (Å²) in [6.07, 6.45) is 1.85. The maximum Gasteiger partial charge on any atom is 0.245 e. The van der Waals surface area contributed by atoms with Gasteiger partial charge in [-0.2, -0.15) is 0 Å². The summed E-state index contributed by atoms with van der Waals surface area (Å²) in [5.74, 6) is 0.739. The molecule has 2 saturated heterocycles. The average molecular weight is 285 g/mol. The number of nitrogens with one attached hydrogen (secondary N) is 2. The van der Waals surface area contributed by atoms with Crippen LogP contribution in [0.25, 0.3) is 11.0 Å². The topological polar surface area (TPSA) is 81.3 Å². The van der Waals surface area contributed by atoms with E-state index in [4.69, 9.17) is 0 Å². The molecule has 0 bridgehead atoms. The molecule has 0 aromatic carbocycles. The number of fused-ring (bicyclic) bond motifs is 2. The van der Waals surface area contributed by atoms with Crippen molar-refractivity contribution in [3.63, 3.8) is 0 Å². The fourth-order valence-corrected chi connectivity index (χ4v) is 2.99. The maximum absolute atomic E-state index is 12.0. The number of amides is 2. The van der Waals surface area contributed by atoms with E-state index in [1.54, 1.807) is 4.90 Å². The zero-order valence-electron chi connectivity index (χ0n) is 11.4. The van der Waals surface area contributed by atoms with Crippen LogP contribution in [-0.2, 0) is 9.59 Å². The van der Waals surface area contributed by atoms with Crippen LogP contribution < -0.4 is 10.2 Å². The Bertz CT molecular complexity index is 725. The Morgan fingerprint density at radius 2 is 2.10 bits per heavy atom. The zero-order chi connectivity index (χ0) is 14.4. The van der Waals surface area contributed by atoms with Crippen LogP contribution in [-0.4, -0.2) is 58.9 Å². The van der Waals surface area contributed by atoms with Crippen molar-refractivity contribution in [1.82, 2.24) is 20.2 Å². The molecule has 4 heterocycles. The number of hydrogen-bond donors (Lipinski definition) is 2. The molecule has 4 rings (SSSR count). The van der Waals surface area contributed by atoms with Gasteiger partial charge >= 0.3 is 0 Å². The lowest BCUT2D eigenvalue weighted by atomic mass is 10.1. The van der Waals surface area contributed by atoms with Gasteiger partial charge in [0.25, 0.3) is 0 Å². The highest BCUT2D eigenvalue weighted by Gasteiger charge is 2.38. The molecular formula is C14H15N5O2. The van der Waals surface area contributed by atoms with Crippen LogP contribution in [0.15, 0.2) is 24.4 Å². The van der Waals surface area contributed by atoms with Crippen molar-refractivity contribution in [2.45, 2.75) is 6.04 Å². The van der Waals surface area contributed by atoms with Gasteiger partial charge < -0.3 is 20.1 Å². The van der Waals surface area contributed by atoms with E-state index in [9.17, 15) is 9.59 Å². The van der Waals surface area contributed by atoms with Crippen molar-refractivity contribution in [3.05, 3.63) is 24.4 Å². The lowest BCUT2D eigenvalue weighted by Gasteiger charge is -2.43. The summed E-state index contributed by atoms with van der Waals surface area (Å²) < 4.78 is 0. The zero-order valence-corrected chi connectivity index (χ0v) is 11.4. The number of nitrogens with zero attached hydrogens (tertiary/aromatic N) is 3. The molecule has 108 valence electrons. The Balaban J connectivity index is 1.62. The van der Waals surface area contributed by atoms with Crippen molar-refractivity contribution >= 4 is 28.7 Å². The first kappa shape index (κ1) is 12.2. The Morgan fingerprint density at radius 1 is 1.19 bits per heavy atom. The van der Waals surface area contributed by atoms with Gasteiger partial charge in [-0.3, -0.25) is 9.59 Å². The minimum Gasteiger partial charge on any atom is -0.352 e. The van der Waals surface area contributed by atoms with Gasteiger partial charge in [-0.15, -0.1) is 0 Å². The van der Waals surface area contributed by atoms with Gasteiger partial charge in [-0.05, 0) is 18.2 Å². The molecule has 1 atom stereocenters. The van der Waals surface area contributed by atoms with E-state index >= 15 is 0 Å². The first-order chi connectivity index (χ1) is 10.2. The Morgan fingerprint density at radius 3 is 3.00 bits per heavy atom. The molecule has 0 radical (unpaired) electrons. The second-order valence-corrected chi connectivity index (χ2v) is 5.35. The second kappa shape index (κ2) is 4.47. The molecule has 0 aliphatic carbocycles. The van der Waals surface area contributed by atoms with E-state index < -0.39 is 6.04 Å². The molecule has 21 heavy (non-hydrogen) atoms. The predicted molar refractivity (Wildman–Crippen MR) is 76.8 cm³/mol. The first-order valence-electron chi connectivity index (χ1n) is 6.98. The Kier molecular flexibility index (Phi) is 2.60. The fourth-order valence-electron chi connectivity index (χ4n) is 2.99. The highest BCUT2D eigenvalue weighted by molar-refractivity contribution is 5.95. The lowest BCUT2D eigenvalue weighted by molar-refractivity contribution is -0.146. The van der Waals surface area contributed by atoms with Gasteiger partial charge in [-0.25, -0.2) is 4.98 Å². The van der Waals surface area contributed by atoms with E-state index in [-0.39, 0.29) is 18.4 Å². The van der Waals surface area contributed by atoms with Gasteiger partial charge in [-0.1, -0.05) is 0 Å². The van der Waals surface area contributed by atoms with Gasteiger partial charge in [0.05, 0.1) is 6.54 Å². The first-order valence-corrected chi connectivity index (χ1v) is 6.98. The number of carbonyl (C=O) groups is 2. The SMILES string of the molecule is O=C1NCC(=O)N2CCN(c3ccc4cc[nH]c4n3)CC12. The van der Waals surface area contributed by atoms with Crippen LogP contribution in [0.3, 0.4) is 0 Å². The molecule has 2 aromatic rings. The van der Waals surface area contributed by atoms with Crippen molar-refractivity contribution in [3.8, 4) is 0 Å². The van der Waals surface area contributed by atoms with E-state index in [1.165, 1.54) is 0 Å². The molecule has 0 spiro atoms. The number of hydrogen-bond acceptors (Lipinski definition) is 4. The van der Waals surface area contributed by atoms with E-state index in [0.29, 0.717) is 19.6 Å². The molecule has 2 aliphatic heterocycles. The van der Waals surface area contributed by atoms with Crippen molar-refractivity contribution in [2.75, 3.05) is 31.1 Å². The number of rotatable bonds is 1. The summed E-state index contributed by atoms with van der Waals surface area (Å²) in [7, 11) is 0. The second-order valence-electron chi connectivity index (χ2n) is 5.35. The van der Waals surface area contributed by atoms with Crippen LogP contribution in [0.5, 0.6) is 0 Å². The van der Waals surface area contributed by atoms with Crippen molar-refractivity contribution < 1.29 is 9.59 Å². The normalized spacial score (nSPS) is 22.4. The maximum atomic E-state index is 12.0. The number of piperazine rings is 2. The predicted octanol–water partition coefficient (Wildman–Crippen LogP) is -0.290. The third-order valence-corrected chi connectivity index (χ3v) is 4.14. The summed E-state index contributed by atoms with van der Waals surface area (Å²) in [6, 6.07) is 5.51. The summed E-state index contributed by atoms with van der Waals surface area (Å²) in [5.41, 5.74) is 0.833. The molecule has 7 nitrogen and oxygen atoms in total. The van der Waals surface area contributed by atoms with Gasteiger partial charge in [0.1, 0.15) is 17.5 Å². The largest absolute Gasteiger partial charge is 0.352 e. The highest BCUT2D eigenvalue weighted by atomic mass is 16.2. The molecule has 2 amide bonds. The number of aromatic nitrogens is 2. The number of anilines is 1. The fraction of sp³-hybridized carbons (Fsp3) is 0.357. The van der Waals surface area contributed by atoms with Gasteiger partial charge in [0, 0.05) is 31.2 Å². The van der Waals surface area contributed by atoms with Crippen LogP contribution in [0.2, 0.25) is 0 Å². The summed E-state index contributed by atoms with van der Waals surface area (Å²) >= 11 is 0. The van der Waals surface area contributed by atoms with Gasteiger partial charge in [0.2, 0.25) is 11.8 Å². The van der Waals surface area contributed by atoms with E-state index in [0.717, 1.165) is 16.9 Å². The van der Waals surface area contributed by atoms with Crippen LogP contribution >= 0.6 is 0 Å². The third-order valence-electron chi connectivity index (χ3n) is 4.14. The smallest absolute Gasteiger partial charge is 0.245 e. The van der Waals surface area contributed by atoms with Gasteiger partial charge in [0.15, 0.2) is 0 Å². The number of H-pyrrole nitrogens is 1. The number of aromatic amines is 1. The summed E-state index contributed by atoms with van der Waals surface area (Å²) in [5, 5.41) is 3.70. The Labute approximate surface area is 120 Å². The van der Waals surface area contributed by atoms with Crippen molar-refractivity contribution in [2.24, 2.45) is 0 Å². The molecular weight excluding hydrogens is 270 g/mol. The number of pyridine rings is 1. The molecule has 2 aromatic heterocycles. The standard InChI is InChI=1S/C14H15N5O2/c20-12-7-16-14(21)10-8-18(5-6-19(10)12)11-2-1-9-3-4-15-13(9)17-11/h1-4,10H,5-8H2,(H,15,17)(H,16,21). The van der Waals surface area contributed by atoms with Crippen molar-refractivity contribution in [1.29, 1.82) is 0 Å². The molecule has 0 saturated carbocycles. The quantitative estimate of drug-likeness (QED) is 0.754. The highest BCUT2D eigenvalue weighted by Crippen LogP contribution is 2.21. The number of carbonyl (C=O) groups excluding carboxylic acids is 2. The minimum atomic E-state index is -0.416. The molecule has 2 fully saturated rings. The molecule has 2 aliphatic rings. The average Bonchev–Trinajstić information content (AvgIpc) is 2.98. The summed E-state index contributed by atoms with van der Waals surface area (Å²) in [4.78, 5) is 35.2. The third kappa shape index (κ3) is 1.93. The Hall–Kier alpha value is -2.57. The monoisotopic (exact) mass is 285 g/mol. The molecule has 7 heteroatoms. The lowest BCUT2D eigenvalue weighted by Crippen LogP contribution is -2.66. The minimum absolute atomic E-state index is 0.00738. The van der Waals surface area contributed by atoms with Crippen LogP contribution in [0, 0.1) is 0 Å². The van der Waals surface area contributed by atoms with E-state index in [1.807, 2.05) is 24.4 Å². The summed E-state index contributed by atoms with van der Waals surface area (Å²) in [6.45, 7) is 1.84. The van der Waals surface area contributed by atoms with Crippen LogP contribution in [0.1, 0.15) is 0 Å². The van der Waals surface area contributed by atoms with E-state index in [2.05, 4.69) is 20.2 Å². The molecule has 1 unspecified atom stereocenters. The molecule has 2 N–H and O–H groups in total. The van der Waals surface area contributed by atoms with Crippen LogP contribution in [0.4, 0.5) is 5.82 Å².